The van der Waals surface area contributed by atoms with Crippen LogP contribution in [0.25, 0.3) is 0 Å². The molecule has 1 heterocycles. The molecule has 0 aromatic heterocycles. The molecule has 0 bridgehead atoms. The van der Waals surface area contributed by atoms with Crippen LogP contribution in [0.1, 0.15) is 37.0 Å². The molecule has 1 aromatic carbocycles. The maximum absolute atomic E-state index is 12.8. The number of hydrogen-bond acceptors (Lipinski definition) is 5. The summed E-state index contributed by atoms with van der Waals surface area (Å²) in [5, 5.41) is 2.66. The highest BCUT2D eigenvalue weighted by Gasteiger charge is 2.30. The van der Waals surface area contributed by atoms with Gasteiger partial charge in [-0.15, -0.1) is 0 Å². The van der Waals surface area contributed by atoms with Gasteiger partial charge in [-0.1, -0.05) is 0 Å². The SMILES string of the molecule is CCOC(=O)C1CCCN(C(=O)c2ccc(OC)c(NC(C)=O)c2)C1. The summed E-state index contributed by atoms with van der Waals surface area (Å²) in [7, 11) is 1.50. The van der Waals surface area contributed by atoms with Crippen molar-refractivity contribution >= 4 is 23.5 Å². The van der Waals surface area contributed by atoms with E-state index in [-0.39, 0.29) is 23.7 Å². The molecule has 1 saturated heterocycles. The molecule has 1 unspecified atom stereocenters. The molecule has 1 aliphatic rings. The predicted molar refractivity (Wildman–Crippen MR) is 92.6 cm³/mol. The number of hydrogen-bond donors (Lipinski definition) is 1. The minimum Gasteiger partial charge on any atom is -0.495 e. The van der Waals surface area contributed by atoms with Gasteiger partial charge >= 0.3 is 5.97 Å². The summed E-state index contributed by atoms with van der Waals surface area (Å²) in [6.07, 6.45) is 1.48. The van der Waals surface area contributed by atoms with Gasteiger partial charge in [0.25, 0.3) is 5.91 Å². The third kappa shape index (κ3) is 4.71. The van der Waals surface area contributed by atoms with Gasteiger partial charge in [-0.05, 0) is 38.0 Å². The van der Waals surface area contributed by atoms with E-state index in [1.54, 1.807) is 30.0 Å². The smallest absolute Gasteiger partial charge is 0.310 e. The van der Waals surface area contributed by atoms with Gasteiger partial charge in [0.2, 0.25) is 5.91 Å². The molecule has 1 aromatic rings. The molecule has 7 nitrogen and oxygen atoms in total. The number of rotatable bonds is 5. The molecule has 2 amide bonds. The van der Waals surface area contributed by atoms with Crippen LogP contribution in [-0.4, -0.2) is 49.5 Å². The number of benzene rings is 1. The normalized spacial score (nSPS) is 16.9. The topological polar surface area (TPSA) is 84.9 Å². The van der Waals surface area contributed by atoms with Crippen molar-refractivity contribution in [2.75, 3.05) is 32.1 Å². The maximum atomic E-state index is 12.8. The lowest BCUT2D eigenvalue weighted by Crippen LogP contribution is -2.42. The molecule has 25 heavy (non-hydrogen) atoms. The molecule has 0 aliphatic carbocycles. The summed E-state index contributed by atoms with van der Waals surface area (Å²) in [4.78, 5) is 37.7. The van der Waals surface area contributed by atoms with Gasteiger partial charge in [0.15, 0.2) is 0 Å². The first-order valence-corrected chi connectivity index (χ1v) is 8.37. The van der Waals surface area contributed by atoms with Crippen LogP contribution in [0.15, 0.2) is 18.2 Å². The average Bonchev–Trinajstić information content (AvgIpc) is 2.61. The number of nitrogens with zero attached hydrogens (tertiary/aromatic N) is 1. The van der Waals surface area contributed by atoms with E-state index in [2.05, 4.69) is 5.32 Å². The van der Waals surface area contributed by atoms with Gasteiger partial charge in [-0.2, -0.15) is 0 Å². The Balaban J connectivity index is 2.16. The summed E-state index contributed by atoms with van der Waals surface area (Å²) >= 11 is 0. The van der Waals surface area contributed by atoms with Crippen LogP contribution < -0.4 is 10.1 Å². The highest BCUT2D eigenvalue weighted by Crippen LogP contribution is 2.27. The van der Waals surface area contributed by atoms with Crippen molar-refractivity contribution in [1.29, 1.82) is 0 Å². The second kappa shape index (κ2) is 8.50. The highest BCUT2D eigenvalue weighted by molar-refractivity contribution is 5.98. The maximum Gasteiger partial charge on any atom is 0.310 e. The highest BCUT2D eigenvalue weighted by atomic mass is 16.5. The van der Waals surface area contributed by atoms with Crippen LogP contribution in [0, 0.1) is 5.92 Å². The molecule has 136 valence electrons. The lowest BCUT2D eigenvalue weighted by molar-refractivity contribution is -0.149. The first-order valence-electron chi connectivity index (χ1n) is 8.37. The second-order valence-electron chi connectivity index (χ2n) is 5.94. The fourth-order valence-electron chi connectivity index (χ4n) is 2.93. The van der Waals surface area contributed by atoms with Gasteiger partial charge in [0.05, 0.1) is 25.3 Å². The van der Waals surface area contributed by atoms with Crippen molar-refractivity contribution in [2.45, 2.75) is 26.7 Å². The van der Waals surface area contributed by atoms with Crippen LogP contribution in [0.2, 0.25) is 0 Å². The van der Waals surface area contributed by atoms with Gasteiger partial charge < -0.3 is 19.7 Å². The van der Waals surface area contributed by atoms with E-state index in [9.17, 15) is 14.4 Å². The van der Waals surface area contributed by atoms with Gasteiger partial charge in [-0.25, -0.2) is 0 Å². The lowest BCUT2D eigenvalue weighted by Gasteiger charge is -2.31. The Kier molecular flexibility index (Phi) is 6.38. The predicted octanol–water partition coefficient (Wildman–Crippen LogP) is 2.07. The summed E-state index contributed by atoms with van der Waals surface area (Å²) in [6, 6.07) is 4.89. The number of piperidine rings is 1. The minimum atomic E-state index is -0.286. The number of likely N-dealkylation sites (tertiary alicyclic amines) is 1. The zero-order valence-corrected chi connectivity index (χ0v) is 14.8. The van der Waals surface area contributed by atoms with Gasteiger partial charge in [0.1, 0.15) is 5.75 Å². The molecule has 1 fully saturated rings. The van der Waals surface area contributed by atoms with Crippen molar-refractivity contribution in [2.24, 2.45) is 5.92 Å². The van der Waals surface area contributed by atoms with E-state index in [1.165, 1.54) is 14.0 Å². The molecular formula is C18H24N2O5. The Hall–Kier alpha value is -2.57. The number of esters is 1. The monoisotopic (exact) mass is 348 g/mol. The molecular weight excluding hydrogens is 324 g/mol. The number of methoxy groups -OCH3 is 1. The molecule has 0 spiro atoms. The average molecular weight is 348 g/mol. The number of ether oxygens (including phenoxy) is 2. The Bertz CT molecular complexity index is 659. The van der Waals surface area contributed by atoms with Crippen LogP contribution in [0.5, 0.6) is 5.75 Å². The number of amides is 2. The third-order valence-electron chi connectivity index (χ3n) is 4.09. The Morgan fingerprint density at radius 2 is 2.08 bits per heavy atom. The fourth-order valence-corrected chi connectivity index (χ4v) is 2.93. The second-order valence-corrected chi connectivity index (χ2v) is 5.94. The van der Waals surface area contributed by atoms with Crippen LogP contribution in [0.3, 0.4) is 0 Å². The van der Waals surface area contributed by atoms with Crippen molar-refractivity contribution in [1.82, 2.24) is 4.90 Å². The molecule has 0 saturated carbocycles. The van der Waals surface area contributed by atoms with E-state index >= 15 is 0 Å². The first kappa shape index (κ1) is 18.8. The van der Waals surface area contributed by atoms with E-state index in [1.807, 2.05) is 0 Å². The lowest BCUT2D eigenvalue weighted by atomic mass is 9.97. The number of anilines is 1. The molecule has 7 heteroatoms. The number of carbonyl (C=O) groups excluding carboxylic acids is 3. The van der Waals surface area contributed by atoms with Crippen LogP contribution in [-0.2, 0) is 14.3 Å². The van der Waals surface area contributed by atoms with Gasteiger partial charge in [-0.3, -0.25) is 14.4 Å². The molecule has 2 rings (SSSR count). The molecule has 1 N–H and O–H groups in total. The summed E-state index contributed by atoms with van der Waals surface area (Å²) in [5.41, 5.74) is 0.883. The van der Waals surface area contributed by atoms with E-state index in [0.29, 0.717) is 36.7 Å². The van der Waals surface area contributed by atoms with Crippen LogP contribution >= 0.6 is 0 Å². The zero-order valence-electron chi connectivity index (χ0n) is 14.8. The summed E-state index contributed by atoms with van der Waals surface area (Å²) in [6.45, 7) is 4.43. The van der Waals surface area contributed by atoms with Crippen molar-refractivity contribution < 1.29 is 23.9 Å². The van der Waals surface area contributed by atoms with Crippen molar-refractivity contribution in [3.05, 3.63) is 23.8 Å². The number of carbonyl (C=O) groups is 3. The Morgan fingerprint density at radius 3 is 2.72 bits per heavy atom. The standard InChI is InChI=1S/C18H24N2O5/c1-4-25-18(23)14-6-5-9-20(11-14)17(22)13-7-8-16(24-3)15(10-13)19-12(2)21/h7-8,10,14H,4-6,9,11H2,1-3H3,(H,19,21). The third-order valence-corrected chi connectivity index (χ3v) is 4.09. The minimum absolute atomic E-state index is 0.178. The molecule has 0 radical (unpaired) electrons. The Morgan fingerprint density at radius 1 is 1.32 bits per heavy atom. The number of nitrogens with one attached hydrogen (secondary N) is 1. The Labute approximate surface area is 147 Å². The van der Waals surface area contributed by atoms with E-state index in [0.717, 1.165) is 12.8 Å². The van der Waals surface area contributed by atoms with E-state index in [4.69, 9.17) is 9.47 Å². The fraction of sp³-hybridized carbons (Fsp3) is 0.500. The van der Waals surface area contributed by atoms with Crippen molar-refractivity contribution in [3.63, 3.8) is 0 Å². The van der Waals surface area contributed by atoms with E-state index < -0.39 is 0 Å². The van der Waals surface area contributed by atoms with Crippen molar-refractivity contribution in [3.8, 4) is 5.75 Å². The quantitative estimate of drug-likeness (QED) is 0.824. The zero-order chi connectivity index (χ0) is 18.4. The first-order chi connectivity index (χ1) is 12.0. The molecule has 1 aliphatic heterocycles. The van der Waals surface area contributed by atoms with Crippen LogP contribution in [0.4, 0.5) is 5.69 Å². The van der Waals surface area contributed by atoms with Gasteiger partial charge in [0, 0.05) is 25.6 Å². The summed E-state index contributed by atoms with van der Waals surface area (Å²) in [5.74, 6) is -0.485. The largest absolute Gasteiger partial charge is 0.495 e. The molecule has 1 atom stereocenters. The summed E-state index contributed by atoms with van der Waals surface area (Å²) < 4.78 is 10.3.